The van der Waals surface area contributed by atoms with E-state index in [1.807, 2.05) is 0 Å². The Bertz CT molecular complexity index is 397. The molecular weight excluding hydrogens is 244 g/mol. The van der Waals surface area contributed by atoms with Gasteiger partial charge in [0.2, 0.25) is 0 Å². The topological polar surface area (TPSA) is 15.3 Å². The number of hydrogen-bond donors (Lipinski definition) is 1. The molecule has 1 aliphatic rings. The molecular formula is C18H30N2. The normalized spacial score (nSPS) is 18.5. The van der Waals surface area contributed by atoms with Gasteiger partial charge in [-0.1, -0.05) is 51.1 Å². The van der Waals surface area contributed by atoms with Crippen LogP contribution in [0.25, 0.3) is 0 Å². The molecule has 1 aliphatic carbocycles. The lowest BCUT2D eigenvalue weighted by Gasteiger charge is -2.37. The monoisotopic (exact) mass is 274 g/mol. The predicted molar refractivity (Wildman–Crippen MR) is 87.2 cm³/mol. The molecule has 1 aromatic rings. The Kier molecular flexibility index (Phi) is 5.22. The molecule has 0 radical (unpaired) electrons. The molecule has 2 heteroatoms. The van der Waals surface area contributed by atoms with Crippen molar-refractivity contribution >= 4 is 0 Å². The molecule has 2 nitrogen and oxygen atoms in total. The summed E-state index contributed by atoms with van der Waals surface area (Å²) >= 11 is 0. The van der Waals surface area contributed by atoms with E-state index < -0.39 is 0 Å². The fraction of sp³-hybridized carbons (Fsp3) is 0.667. The summed E-state index contributed by atoms with van der Waals surface area (Å²) in [6, 6.07) is 11.8. The highest BCUT2D eigenvalue weighted by atomic mass is 15.2. The van der Waals surface area contributed by atoms with Crippen LogP contribution in [-0.2, 0) is 5.41 Å². The number of nitrogens with zero attached hydrogens (tertiary/aromatic N) is 1. The average molecular weight is 274 g/mol. The fourth-order valence-electron chi connectivity index (χ4n) is 3.18. The second-order valence-corrected chi connectivity index (χ2v) is 7.01. The van der Waals surface area contributed by atoms with Gasteiger partial charge < -0.3 is 5.32 Å². The Labute approximate surface area is 124 Å². The van der Waals surface area contributed by atoms with Gasteiger partial charge in [-0.05, 0) is 31.4 Å². The van der Waals surface area contributed by atoms with Crippen molar-refractivity contribution < 1.29 is 0 Å². The van der Waals surface area contributed by atoms with Gasteiger partial charge in [-0.25, -0.2) is 0 Å². The molecule has 0 amide bonds. The highest BCUT2D eigenvalue weighted by Crippen LogP contribution is 2.32. The number of hydrogen-bond acceptors (Lipinski definition) is 2. The molecule has 1 unspecified atom stereocenters. The van der Waals surface area contributed by atoms with Crippen LogP contribution in [-0.4, -0.2) is 37.6 Å². The largest absolute Gasteiger partial charge is 0.319 e. The van der Waals surface area contributed by atoms with Crippen molar-refractivity contribution in [2.24, 2.45) is 5.92 Å². The molecule has 0 saturated heterocycles. The second kappa shape index (κ2) is 6.73. The first kappa shape index (κ1) is 15.5. The Morgan fingerprint density at radius 1 is 1.25 bits per heavy atom. The number of benzene rings is 1. The van der Waals surface area contributed by atoms with Gasteiger partial charge in [-0.3, -0.25) is 4.90 Å². The highest BCUT2D eigenvalue weighted by molar-refractivity contribution is 5.26. The van der Waals surface area contributed by atoms with Gasteiger partial charge in [-0.15, -0.1) is 0 Å². The lowest BCUT2D eigenvalue weighted by atomic mass is 9.81. The van der Waals surface area contributed by atoms with Gasteiger partial charge in [0, 0.05) is 31.1 Å². The summed E-state index contributed by atoms with van der Waals surface area (Å²) in [6.07, 6.45) is 2.77. The van der Waals surface area contributed by atoms with Crippen molar-refractivity contribution in [3.63, 3.8) is 0 Å². The fourth-order valence-corrected chi connectivity index (χ4v) is 3.18. The third kappa shape index (κ3) is 4.07. The van der Waals surface area contributed by atoms with Crippen molar-refractivity contribution in [2.75, 3.05) is 26.7 Å². The molecule has 1 fully saturated rings. The summed E-state index contributed by atoms with van der Waals surface area (Å²) in [7, 11) is 2.06. The Morgan fingerprint density at radius 3 is 2.40 bits per heavy atom. The van der Waals surface area contributed by atoms with Crippen molar-refractivity contribution in [3.8, 4) is 0 Å². The smallest absolute Gasteiger partial charge is 0.0177 e. The van der Waals surface area contributed by atoms with Crippen LogP contribution >= 0.6 is 0 Å². The van der Waals surface area contributed by atoms with Crippen LogP contribution in [0.4, 0.5) is 0 Å². The van der Waals surface area contributed by atoms with Crippen LogP contribution in [0, 0.1) is 5.92 Å². The van der Waals surface area contributed by atoms with Crippen LogP contribution in [0.5, 0.6) is 0 Å². The van der Waals surface area contributed by atoms with Crippen molar-refractivity contribution in [2.45, 2.75) is 45.1 Å². The SMILES string of the molecule is CNCC(C)(CN(CC(C)C)C1CC1)c1ccccc1. The van der Waals surface area contributed by atoms with E-state index in [0.717, 1.165) is 25.0 Å². The third-order valence-corrected chi connectivity index (χ3v) is 4.25. The molecule has 112 valence electrons. The van der Waals surface area contributed by atoms with Crippen LogP contribution < -0.4 is 5.32 Å². The van der Waals surface area contributed by atoms with Crippen molar-refractivity contribution in [1.29, 1.82) is 0 Å². The van der Waals surface area contributed by atoms with E-state index in [-0.39, 0.29) is 5.41 Å². The summed E-state index contributed by atoms with van der Waals surface area (Å²) in [5, 5.41) is 3.40. The minimum Gasteiger partial charge on any atom is -0.319 e. The van der Waals surface area contributed by atoms with E-state index in [0.29, 0.717) is 0 Å². The van der Waals surface area contributed by atoms with Crippen molar-refractivity contribution in [1.82, 2.24) is 10.2 Å². The van der Waals surface area contributed by atoms with Crippen LogP contribution in [0.1, 0.15) is 39.2 Å². The first-order valence-corrected chi connectivity index (χ1v) is 7.99. The van der Waals surface area contributed by atoms with E-state index in [1.54, 1.807) is 0 Å². The Hall–Kier alpha value is -0.860. The Morgan fingerprint density at radius 2 is 1.90 bits per heavy atom. The van der Waals surface area contributed by atoms with E-state index >= 15 is 0 Å². The number of likely N-dealkylation sites (N-methyl/N-ethyl adjacent to an activating group) is 1. The van der Waals surface area contributed by atoms with Gasteiger partial charge in [0.1, 0.15) is 0 Å². The zero-order valence-corrected chi connectivity index (χ0v) is 13.5. The summed E-state index contributed by atoms with van der Waals surface area (Å²) in [6.45, 7) is 10.4. The van der Waals surface area contributed by atoms with E-state index in [1.165, 1.54) is 24.9 Å². The lowest BCUT2D eigenvalue weighted by molar-refractivity contribution is 0.184. The van der Waals surface area contributed by atoms with E-state index in [9.17, 15) is 0 Å². The minimum absolute atomic E-state index is 0.188. The molecule has 2 rings (SSSR count). The van der Waals surface area contributed by atoms with Gasteiger partial charge in [0.05, 0.1) is 0 Å². The third-order valence-electron chi connectivity index (χ3n) is 4.25. The molecule has 1 atom stereocenters. The summed E-state index contributed by atoms with van der Waals surface area (Å²) in [5.74, 6) is 0.741. The first-order chi connectivity index (χ1) is 9.55. The Balaban J connectivity index is 2.14. The van der Waals surface area contributed by atoms with Gasteiger partial charge in [-0.2, -0.15) is 0 Å². The minimum atomic E-state index is 0.188. The predicted octanol–water partition coefficient (Wildman–Crippen LogP) is 3.28. The maximum Gasteiger partial charge on any atom is 0.0177 e. The molecule has 1 aromatic carbocycles. The summed E-state index contributed by atoms with van der Waals surface area (Å²) in [5.41, 5.74) is 1.64. The van der Waals surface area contributed by atoms with Gasteiger partial charge >= 0.3 is 0 Å². The standard InChI is InChI=1S/C18H30N2/c1-15(2)12-20(17-10-11-17)14-18(3,13-19-4)16-8-6-5-7-9-16/h5-9,15,17,19H,10-14H2,1-4H3. The van der Waals surface area contributed by atoms with Crippen LogP contribution in [0.2, 0.25) is 0 Å². The number of nitrogens with one attached hydrogen (secondary N) is 1. The van der Waals surface area contributed by atoms with Crippen LogP contribution in [0.3, 0.4) is 0 Å². The molecule has 0 heterocycles. The summed E-state index contributed by atoms with van der Waals surface area (Å²) in [4.78, 5) is 2.72. The molecule has 1 N–H and O–H groups in total. The van der Waals surface area contributed by atoms with Gasteiger partial charge in [0.25, 0.3) is 0 Å². The van der Waals surface area contributed by atoms with E-state index in [4.69, 9.17) is 0 Å². The highest BCUT2D eigenvalue weighted by Gasteiger charge is 2.35. The maximum absolute atomic E-state index is 3.40. The summed E-state index contributed by atoms with van der Waals surface area (Å²) < 4.78 is 0. The van der Waals surface area contributed by atoms with Gasteiger partial charge in [0.15, 0.2) is 0 Å². The lowest BCUT2D eigenvalue weighted by Crippen LogP contribution is -2.46. The molecule has 1 saturated carbocycles. The quantitative estimate of drug-likeness (QED) is 0.782. The molecule has 0 aromatic heterocycles. The van der Waals surface area contributed by atoms with Crippen LogP contribution in [0.15, 0.2) is 30.3 Å². The first-order valence-electron chi connectivity index (χ1n) is 7.99. The second-order valence-electron chi connectivity index (χ2n) is 7.01. The zero-order valence-electron chi connectivity index (χ0n) is 13.5. The average Bonchev–Trinajstić information content (AvgIpc) is 3.23. The molecule has 0 spiro atoms. The molecule has 0 bridgehead atoms. The molecule has 20 heavy (non-hydrogen) atoms. The zero-order chi connectivity index (χ0) is 14.6. The molecule has 0 aliphatic heterocycles. The maximum atomic E-state index is 3.40. The van der Waals surface area contributed by atoms with E-state index in [2.05, 4.69) is 68.4 Å². The number of rotatable bonds is 8. The van der Waals surface area contributed by atoms with Crippen molar-refractivity contribution in [3.05, 3.63) is 35.9 Å².